The van der Waals surface area contributed by atoms with Crippen LogP contribution in [0, 0.1) is 0 Å². The number of hydrogen-bond acceptors (Lipinski definition) is 3. The van der Waals surface area contributed by atoms with Crippen LogP contribution in [0.3, 0.4) is 0 Å². The van der Waals surface area contributed by atoms with Gasteiger partial charge in [-0.15, -0.1) is 0 Å². The molecule has 1 aromatic carbocycles. The minimum Gasteiger partial charge on any atom is -0.389 e. The van der Waals surface area contributed by atoms with Crippen molar-refractivity contribution in [2.75, 3.05) is 18.1 Å². The Bertz CT molecular complexity index is 436. The van der Waals surface area contributed by atoms with E-state index in [0.29, 0.717) is 6.04 Å². The van der Waals surface area contributed by atoms with Crippen molar-refractivity contribution < 1.29 is 9.84 Å². The van der Waals surface area contributed by atoms with Crippen molar-refractivity contribution >= 4 is 21.6 Å². The zero-order valence-electron chi connectivity index (χ0n) is 11.8. The van der Waals surface area contributed by atoms with Gasteiger partial charge in [0.25, 0.3) is 0 Å². The van der Waals surface area contributed by atoms with Gasteiger partial charge in [-0.05, 0) is 38.5 Å². The smallest absolute Gasteiger partial charge is 0.0782 e. The van der Waals surface area contributed by atoms with Gasteiger partial charge in [0.15, 0.2) is 0 Å². The van der Waals surface area contributed by atoms with E-state index in [2.05, 4.69) is 40.7 Å². The molecule has 1 fully saturated rings. The fourth-order valence-corrected chi connectivity index (χ4v) is 2.98. The molecule has 0 radical (unpaired) electrons. The third-order valence-corrected chi connectivity index (χ3v) is 4.18. The second kappa shape index (κ2) is 6.25. The first-order valence-corrected chi connectivity index (χ1v) is 7.68. The molecule has 0 aliphatic carbocycles. The number of rotatable bonds is 3. The summed E-state index contributed by atoms with van der Waals surface area (Å²) in [6.45, 7) is 7.72. The molecule has 1 aliphatic heterocycles. The Morgan fingerprint density at radius 3 is 2.89 bits per heavy atom. The monoisotopic (exact) mass is 327 g/mol. The summed E-state index contributed by atoms with van der Waals surface area (Å²) in [6, 6.07) is 6.52. The van der Waals surface area contributed by atoms with E-state index in [-0.39, 0.29) is 6.10 Å². The van der Waals surface area contributed by atoms with Crippen molar-refractivity contribution in [3.63, 3.8) is 0 Å². The van der Waals surface area contributed by atoms with E-state index in [9.17, 15) is 5.11 Å². The summed E-state index contributed by atoms with van der Waals surface area (Å²) >= 11 is 3.48. The van der Waals surface area contributed by atoms with Gasteiger partial charge in [-0.3, -0.25) is 0 Å². The number of halogens is 1. The van der Waals surface area contributed by atoms with Crippen LogP contribution in [-0.4, -0.2) is 30.4 Å². The van der Waals surface area contributed by atoms with E-state index < -0.39 is 6.10 Å². The average molecular weight is 328 g/mol. The lowest BCUT2D eigenvalue weighted by molar-refractivity contribution is 0.0297. The van der Waals surface area contributed by atoms with Crippen LogP contribution in [0.15, 0.2) is 22.7 Å². The van der Waals surface area contributed by atoms with E-state index >= 15 is 0 Å². The van der Waals surface area contributed by atoms with Crippen LogP contribution in [0.1, 0.15) is 38.9 Å². The van der Waals surface area contributed by atoms with Crippen molar-refractivity contribution in [2.24, 2.45) is 0 Å². The Kier molecular flexibility index (Phi) is 4.87. The maximum Gasteiger partial charge on any atom is 0.0782 e. The number of aliphatic hydroxyl groups is 1. The van der Waals surface area contributed by atoms with Crippen molar-refractivity contribution in [3.8, 4) is 0 Å². The van der Waals surface area contributed by atoms with E-state index in [1.807, 2.05) is 19.1 Å². The summed E-state index contributed by atoms with van der Waals surface area (Å²) in [5.74, 6) is 0. The van der Waals surface area contributed by atoms with Crippen LogP contribution in [0.5, 0.6) is 0 Å². The summed E-state index contributed by atoms with van der Waals surface area (Å²) in [5.41, 5.74) is 2.10. The SMILES string of the molecule is CCC1COC(C)CN1c1ccc(Br)cc1C(C)O. The molecule has 0 spiro atoms. The quantitative estimate of drug-likeness (QED) is 0.922. The summed E-state index contributed by atoms with van der Waals surface area (Å²) < 4.78 is 6.75. The molecule has 3 nitrogen and oxygen atoms in total. The summed E-state index contributed by atoms with van der Waals surface area (Å²) in [7, 11) is 0. The number of nitrogens with zero attached hydrogens (tertiary/aromatic N) is 1. The van der Waals surface area contributed by atoms with Crippen molar-refractivity contribution in [3.05, 3.63) is 28.2 Å². The van der Waals surface area contributed by atoms with Gasteiger partial charge in [0.2, 0.25) is 0 Å². The molecule has 1 aromatic rings. The average Bonchev–Trinajstić information content (AvgIpc) is 2.38. The Hall–Kier alpha value is -0.580. The zero-order chi connectivity index (χ0) is 14.0. The third-order valence-electron chi connectivity index (χ3n) is 3.69. The number of ether oxygens (including phenoxy) is 1. The summed E-state index contributed by atoms with van der Waals surface area (Å²) in [4.78, 5) is 2.38. The Morgan fingerprint density at radius 2 is 2.26 bits per heavy atom. The molecule has 1 heterocycles. The van der Waals surface area contributed by atoms with E-state index in [1.165, 1.54) is 0 Å². The third kappa shape index (κ3) is 3.30. The number of hydrogen-bond donors (Lipinski definition) is 1. The van der Waals surface area contributed by atoms with Crippen LogP contribution in [0.4, 0.5) is 5.69 Å². The molecule has 1 aliphatic rings. The largest absolute Gasteiger partial charge is 0.389 e. The molecule has 3 atom stereocenters. The van der Waals surface area contributed by atoms with Gasteiger partial charge in [-0.1, -0.05) is 22.9 Å². The molecule has 1 N–H and O–H groups in total. The molecule has 3 unspecified atom stereocenters. The predicted molar refractivity (Wildman–Crippen MR) is 81.6 cm³/mol. The van der Waals surface area contributed by atoms with Gasteiger partial charge in [-0.25, -0.2) is 0 Å². The highest BCUT2D eigenvalue weighted by Crippen LogP contribution is 2.32. The first kappa shape index (κ1) is 14.8. The van der Waals surface area contributed by atoms with Gasteiger partial charge in [0.1, 0.15) is 0 Å². The molecular weight excluding hydrogens is 306 g/mol. The molecular formula is C15H22BrNO2. The molecule has 1 saturated heterocycles. The van der Waals surface area contributed by atoms with Crippen LogP contribution in [0.25, 0.3) is 0 Å². The van der Waals surface area contributed by atoms with Crippen LogP contribution in [-0.2, 0) is 4.74 Å². The molecule has 0 amide bonds. The first-order chi connectivity index (χ1) is 9.02. The highest BCUT2D eigenvalue weighted by molar-refractivity contribution is 9.10. The zero-order valence-corrected chi connectivity index (χ0v) is 13.4. The van der Waals surface area contributed by atoms with Crippen molar-refractivity contribution in [1.29, 1.82) is 0 Å². The lowest BCUT2D eigenvalue weighted by Gasteiger charge is -2.41. The van der Waals surface area contributed by atoms with Crippen molar-refractivity contribution in [2.45, 2.75) is 45.4 Å². The predicted octanol–water partition coefficient (Wildman–Crippen LogP) is 3.51. The van der Waals surface area contributed by atoms with E-state index in [0.717, 1.165) is 35.3 Å². The maximum absolute atomic E-state index is 10.0. The van der Waals surface area contributed by atoms with Gasteiger partial charge in [-0.2, -0.15) is 0 Å². The Labute approximate surface area is 123 Å². The normalized spacial score (nSPS) is 25.4. The van der Waals surface area contributed by atoms with Crippen LogP contribution >= 0.6 is 15.9 Å². The van der Waals surface area contributed by atoms with E-state index in [1.54, 1.807) is 0 Å². The van der Waals surface area contributed by atoms with Crippen LogP contribution < -0.4 is 4.90 Å². The molecule has 2 rings (SSSR count). The molecule has 0 bridgehead atoms. The van der Waals surface area contributed by atoms with Gasteiger partial charge in [0, 0.05) is 22.3 Å². The highest BCUT2D eigenvalue weighted by atomic mass is 79.9. The topological polar surface area (TPSA) is 32.7 Å². The highest BCUT2D eigenvalue weighted by Gasteiger charge is 2.27. The van der Waals surface area contributed by atoms with E-state index in [4.69, 9.17) is 4.74 Å². The summed E-state index contributed by atoms with van der Waals surface area (Å²) in [5, 5.41) is 10.0. The molecule has 0 saturated carbocycles. The second-order valence-corrected chi connectivity index (χ2v) is 6.15. The minimum absolute atomic E-state index is 0.230. The molecule has 106 valence electrons. The standard InChI is InChI=1S/C15H22BrNO2/c1-4-13-9-19-10(2)8-17(13)15-6-5-12(16)7-14(15)11(3)18/h5-7,10-11,13,18H,4,8-9H2,1-3H3. The minimum atomic E-state index is -0.469. The fraction of sp³-hybridized carbons (Fsp3) is 0.600. The number of benzene rings is 1. The lowest BCUT2D eigenvalue weighted by atomic mass is 10.0. The first-order valence-electron chi connectivity index (χ1n) is 6.88. The molecule has 4 heteroatoms. The van der Waals surface area contributed by atoms with Crippen molar-refractivity contribution in [1.82, 2.24) is 0 Å². The maximum atomic E-state index is 10.0. The Morgan fingerprint density at radius 1 is 1.53 bits per heavy atom. The molecule has 19 heavy (non-hydrogen) atoms. The van der Waals surface area contributed by atoms with Gasteiger partial charge in [0.05, 0.1) is 24.9 Å². The number of anilines is 1. The fourth-order valence-electron chi connectivity index (χ4n) is 2.60. The number of aliphatic hydroxyl groups excluding tert-OH is 1. The lowest BCUT2D eigenvalue weighted by Crippen LogP contribution is -2.49. The Balaban J connectivity index is 2.38. The second-order valence-electron chi connectivity index (χ2n) is 5.24. The van der Waals surface area contributed by atoms with Gasteiger partial charge < -0.3 is 14.7 Å². The summed E-state index contributed by atoms with van der Waals surface area (Å²) in [6.07, 6.45) is 0.804. The van der Waals surface area contributed by atoms with Crippen LogP contribution in [0.2, 0.25) is 0 Å². The van der Waals surface area contributed by atoms with Gasteiger partial charge >= 0.3 is 0 Å². The number of morpholine rings is 1. The molecule has 0 aromatic heterocycles.